The first kappa shape index (κ1) is 13.7. The maximum atomic E-state index is 12.2. The lowest BCUT2D eigenvalue weighted by Crippen LogP contribution is -2.29. The third-order valence-electron chi connectivity index (χ3n) is 3.14. The first-order chi connectivity index (χ1) is 10.2. The highest BCUT2D eigenvalue weighted by Gasteiger charge is 2.35. The summed E-state index contributed by atoms with van der Waals surface area (Å²) in [5.41, 5.74) is 0.910. The predicted molar refractivity (Wildman–Crippen MR) is 75.8 cm³/mol. The summed E-state index contributed by atoms with van der Waals surface area (Å²) in [4.78, 5) is 25.6. The smallest absolute Gasteiger partial charge is 0.262 e. The van der Waals surface area contributed by atoms with Gasteiger partial charge in [-0.15, -0.1) is 5.10 Å². The van der Waals surface area contributed by atoms with Crippen LogP contribution in [0.15, 0.2) is 29.4 Å². The van der Waals surface area contributed by atoms with Crippen molar-refractivity contribution in [3.63, 3.8) is 0 Å². The van der Waals surface area contributed by atoms with Crippen LogP contribution in [0.4, 0.5) is 0 Å². The van der Waals surface area contributed by atoms with Crippen LogP contribution < -0.4 is 0 Å². The number of aromatic nitrogens is 4. The Hall–Kier alpha value is -2.22. The zero-order valence-corrected chi connectivity index (χ0v) is 12.2. The summed E-state index contributed by atoms with van der Waals surface area (Å²) in [6.07, 6.45) is 0.908. The van der Waals surface area contributed by atoms with E-state index in [2.05, 4.69) is 15.5 Å². The van der Waals surface area contributed by atoms with E-state index in [-0.39, 0.29) is 17.7 Å². The average Bonchev–Trinajstić information content (AvgIpc) is 3.03. The number of hydrogen-bond donors (Lipinski definition) is 0. The van der Waals surface area contributed by atoms with Crippen LogP contribution in [0, 0.1) is 0 Å². The fourth-order valence-electron chi connectivity index (χ4n) is 2.13. The molecular weight excluding hydrogens is 290 g/mol. The van der Waals surface area contributed by atoms with Gasteiger partial charge in [0.05, 0.1) is 17.0 Å². The topological polar surface area (TPSA) is 81.0 Å². The van der Waals surface area contributed by atoms with Crippen LogP contribution in [0.5, 0.6) is 0 Å². The largest absolute Gasteiger partial charge is 0.269 e. The van der Waals surface area contributed by atoms with Gasteiger partial charge in [0.15, 0.2) is 0 Å². The Morgan fingerprint density at radius 3 is 2.43 bits per heavy atom. The monoisotopic (exact) mass is 303 g/mol. The molecule has 2 amide bonds. The van der Waals surface area contributed by atoms with Crippen LogP contribution in [0.2, 0.25) is 0 Å². The van der Waals surface area contributed by atoms with Crippen molar-refractivity contribution in [1.82, 2.24) is 25.1 Å². The molecule has 1 aliphatic rings. The molecular formula is C13H13N5O2S. The predicted octanol–water partition coefficient (Wildman–Crippen LogP) is 1.43. The number of thioether (sulfide) groups is 1. The summed E-state index contributed by atoms with van der Waals surface area (Å²) in [5, 5.41) is 12.0. The second-order valence-corrected chi connectivity index (χ2v) is 5.45. The van der Waals surface area contributed by atoms with Gasteiger partial charge >= 0.3 is 0 Å². The van der Waals surface area contributed by atoms with Crippen molar-refractivity contribution < 1.29 is 9.59 Å². The molecule has 3 rings (SSSR count). The minimum Gasteiger partial charge on any atom is -0.269 e. The van der Waals surface area contributed by atoms with Gasteiger partial charge < -0.3 is 0 Å². The number of nitrogens with zero attached hydrogens (tertiary/aromatic N) is 5. The molecule has 1 aromatic heterocycles. The molecule has 0 aliphatic carbocycles. The lowest BCUT2D eigenvalue weighted by molar-refractivity contribution is 0.0684. The Kier molecular flexibility index (Phi) is 3.70. The Labute approximate surface area is 125 Å². The van der Waals surface area contributed by atoms with Gasteiger partial charge in [0.2, 0.25) is 5.16 Å². The molecule has 7 nitrogen and oxygen atoms in total. The summed E-state index contributed by atoms with van der Waals surface area (Å²) < 4.78 is 1.67. The molecule has 0 spiro atoms. The van der Waals surface area contributed by atoms with Crippen molar-refractivity contribution in [2.24, 2.45) is 0 Å². The summed E-state index contributed by atoms with van der Waals surface area (Å²) in [7, 11) is 0. The number of tetrazole rings is 1. The van der Waals surface area contributed by atoms with Gasteiger partial charge in [0.25, 0.3) is 11.8 Å². The summed E-state index contributed by atoms with van der Waals surface area (Å²) in [6.45, 7) is 2.73. The molecule has 0 unspecified atom stereocenters. The molecule has 0 N–H and O–H groups in total. The van der Waals surface area contributed by atoms with Gasteiger partial charge in [-0.1, -0.05) is 30.8 Å². The fourth-order valence-corrected chi connectivity index (χ4v) is 2.98. The van der Waals surface area contributed by atoms with Crippen LogP contribution in [0.3, 0.4) is 0 Å². The van der Waals surface area contributed by atoms with Gasteiger partial charge in [-0.3, -0.25) is 14.5 Å². The minimum absolute atomic E-state index is 0.205. The average molecular weight is 303 g/mol. The zero-order valence-electron chi connectivity index (χ0n) is 11.4. The van der Waals surface area contributed by atoms with E-state index in [9.17, 15) is 9.59 Å². The Morgan fingerprint density at radius 2 is 1.81 bits per heavy atom. The van der Waals surface area contributed by atoms with Gasteiger partial charge in [0, 0.05) is 6.54 Å². The van der Waals surface area contributed by atoms with Crippen LogP contribution in [-0.2, 0) is 6.54 Å². The van der Waals surface area contributed by atoms with Crippen molar-refractivity contribution in [1.29, 1.82) is 0 Å². The molecule has 1 aromatic carbocycles. The number of aryl methyl sites for hydroxylation is 1. The number of rotatable bonds is 5. The maximum Gasteiger partial charge on any atom is 0.262 e. The van der Waals surface area contributed by atoms with E-state index in [1.54, 1.807) is 28.9 Å². The Balaban J connectivity index is 1.74. The van der Waals surface area contributed by atoms with E-state index in [0.717, 1.165) is 6.42 Å². The first-order valence-corrected chi connectivity index (χ1v) is 7.55. The molecule has 0 radical (unpaired) electrons. The quantitative estimate of drug-likeness (QED) is 0.614. The second kappa shape index (κ2) is 5.65. The first-order valence-electron chi connectivity index (χ1n) is 6.56. The highest BCUT2D eigenvalue weighted by atomic mass is 32.2. The van der Waals surface area contributed by atoms with Crippen molar-refractivity contribution in [2.75, 3.05) is 5.88 Å². The highest BCUT2D eigenvalue weighted by Crippen LogP contribution is 2.26. The summed E-state index contributed by atoms with van der Waals surface area (Å²) in [6, 6.07) is 6.84. The minimum atomic E-state index is -0.266. The van der Waals surface area contributed by atoms with E-state index in [4.69, 9.17) is 0 Å². The number of carbonyl (C=O) groups excluding carboxylic acids is 2. The molecule has 2 aromatic rings. The van der Waals surface area contributed by atoms with Crippen LogP contribution in [0.25, 0.3) is 0 Å². The fraction of sp³-hybridized carbons (Fsp3) is 0.308. The van der Waals surface area contributed by atoms with E-state index < -0.39 is 0 Å². The molecule has 0 saturated heterocycles. The van der Waals surface area contributed by atoms with E-state index in [0.29, 0.717) is 22.8 Å². The van der Waals surface area contributed by atoms with E-state index >= 15 is 0 Å². The van der Waals surface area contributed by atoms with E-state index in [1.165, 1.54) is 16.7 Å². The van der Waals surface area contributed by atoms with Gasteiger partial charge in [-0.2, -0.15) is 0 Å². The molecule has 21 heavy (non-hydrogen) atoms. The number of benzene rings is 1. The van der Waals surface area contributed by atoms with Crippen molar-refractivity contribution in [3.05, 3.63) is 35.4 Å². The van der Waals surface area contributed by atoms with Crippen LogP contribution >= 0.6 is 11.8 Å². The van der Waals surface area contributed by atoms with Crippen LogP contribution in [0.1, 0.15) is 34.1 Å². The van der Waals surface area contributed by atoms with Crippen molar-refractivity contribution in [3.8, 4) is 0 Å². The van der Waals surface area contributed by atoms with Gasteiger partial charge in [-0.05, 0) is 29.0 Å². The van der Waals surface area contributed by atoms with E-state index in [1.807, 2.05) is 6.92 Å². The number of imide groups is 1. The third-order valence-corrected chi connectivity index (χ3v) is 4.07. The summed E-state index contributed by atoms with van der Waals surface area (Å²) in [5.74, 6) is -0.327. The zero-order chi connectivity index (χ0) is 14.8. The molecule has 1 aliphatic heterocycles. The molecule has 108 valence electrons. The normalized spacial score (nSPS) is 13.9. The standard InChI is InChI=1S/C13H13N5O2S/c1-2-7-18-13(14-15-16-18)21-8-17-11(19)9-5-3-4-6-10(9)12(17)20/h3-6H,2,7-8H2,1H3. The molecule has 2 heterocycles. The van der Waals surface area contributed by atoms with Gasteiger partial charge in [0.1, 0.15) is 0 Å². The highest BCUT2D eigenvalue weighted by molar-refractivity contribution is 7.99. The molecule has 8 heteroatoms. The number of amides is 2. The van der Waals surface area contributed by atoms with Crippen molar-refractivity contribution in [2.45, 2.75) is 25.0 Å². The molecule has 0 atom stereocenters. The molecule has 0 fully saturated rings. The number of fused-ring (bicyclic) bond motifs is 1. The van der Waals surface area contributed by atoms with Gasteiger partial charge in [-0.25, -0.2) is 4.68 Å². The van der Waals surface area contributed by atoms with Crippen LogP contribution in [-0.4, -0.2) is 42.8 Å². The Morgan fingerprint density at radius 1 is 1.14 bits per heavy atom. The lowest BCUT2D eigenvalue weighted by Gasteiger charge is -2.12. The number of carbonyl (C=O) groups is 2. The number of hydrogen-bond acceptors (Lipinski definition) is 6. The lowest BCUT2D eigenvalue weighted by atomic mass is 10.1. The SMILES string of the molecule is CCCn1nnnc1SCN1C(=O)c2ccccc2C1=O. The molecule has 0 bridgehead atoms. The Bertz CT molecular complexity index is 664. The molecule has 0 saturated carbocycles. The summed E-state index contributed by atoms with van der Waals surface area (Å²) >= 11 is 1.28. The second-order valence-electron chi connectivity index (χ2n) is 4.54. The van der Waals surface area contributed by atoms with Crippen molar-refractivity contribution >= 4 is 23.6 Å². The maximum absolute atomic E-state index is 12.2. The third kappa shape index (κ3) is 2.42.